The molecule has 1 aromatic rings. The highest BCUT2D eigenvalue weighted by molar-refractivity contribution is 5.80. The zero-order valence-electron chi connectivity index (χ0n) is 12.3. The molecule has 20 heavy (non-hydrogen) atoms. The SMILES string of the molecule is COCCOCCOCCOc1c(C=O)c(C)nn1C. The molecule has 0 atom stereocenters. The Morgan fingerprint density at radius 3 is 2.30 bits per heavy atom. The minimum absolute atomic E-state index is 0.359. The third-order valence-corrected chi connectivity index (χ3v) is 2.60. The quantitative estimate of drug-likeness (QED) is 0.438. The van der Waals surface area contributed by atoms with Crippen molar-refractivity contribution < 1.29 is 23.7 Å². The Hall–Kier alpha value is -1.44. The first-order valence-corrected chi connectivity index (χ1v) is 6.46. The highest BCUT2D eigenvalue weighted by Gasteiger charge is 2.13. The molecule has 0 aliphatic rings. The molecule has 0 spiro atoms. The van der Waals surface area contributed by atoms with Crippen LogP contribution in [-0.4, -0.2) is 62.8 Å². The van der Waals surface area contributed by atoms with E-state index in [1.165, 1.54) is 0 Å². The van der Waals surface area contributed by atoms with Crippen molar-refractivity contribution in [1.29, 1.82) is 0 Å². The van der Waals surface area contributed by atoms with E-state index < -0.39 is 0 Å². The van der Waals surface area contributed by atoms with Crippen LogP contribution in [0.25, 0.3) is 0 Å². The molecule has 1 rings (SSSR count). The fourth-order valence-corrected chi connectivity index (χ4v) is 1.62. The lowest BCUT2D eigenvalue weighted by atomic mass is 10.3. The molecular formula is C13H22N2O5. The van der Waals surface area contributed by atoms with Crippen molar-refractivity contribution >= 4 is 6.29 Å². The van der Waals surface area contributed by atoms with E-state index >= 15 is 0 Å². The fraction of sp³-hybridized carbons (Fsp3) is 0.692. The van der Waals surface area contributed by atoms with Gasteiger partial charge in [-0.3, -0.25) is 4.79 Å². The minimum atomic E-state index is 0.359. The van der Waals surface area contributed by atoms with Crippen LogP contribution in [0.4, 0.5) is 0 Å². The van der Waals surface area contributed by atoms with Crippen molar-refractivity contribution in [3.63, 3.8) is 0 Å². The lowest BCUT2D eigenvalue weighted by Crippen LogP contribution is -2.13. The van der Waals surface area contributed by atoms with Gasteiger partial charge in [0.15, 0.2) is 6.29 Å². The Bertz CT molecular complexity index is 406. The van der Waals surface area contributed by atoms with E-state index in [0.29, 0.717) is 56.8 Å². The molecule has 1 aromatic heterocycles. The molecule has 7 nitrogen and oxygen atoms in total. The predicted molar refractivity (Wildman–Crippen MR) is 72.3 cm³/mol. The molecule has 0 saturated heterocycles. The van der Waals surface area contributed by atoms with Crippen molar-refractivity contribution in [2.45, 2.75) is 6.92 Å². The number of aromatic nitrogens is 2. The normalized spacial score (nSPS) is 10.8. The maximum atomic E-state index is 10.9. The molecule has 0 unspecified atom stereocenters. The molecule has 0 saturated carbocycles. The van der Waals surface area contributed by atoms with Gasteiger partial charge in [-0.05, 0) is 6.92 Å². The van der Waals surface area contributed by atoms with Crippen LogP contribution in [-0.2, 0) is 21.3 Å². The smallest absolute Gasteiger partial charge is 0.222 e. The van der Waals surface area contributed by atoms with Crippen LogP contribution < -0.4 is 4.74 Å². The van der Waals surface area contributed by atoms with Crippen LogP contribution in [0.3, 0.4) is 0 Å². The van der Waals surface area contributed by atoms with Gasteiger partial charge in [-0.1, -0.05) is 0 Å². The maximum absolute atomic E-state index is 10.9. The summed E-state index contributed by atoms with van der Waals surface area (Å²) in [5.74, 6) is 0.470. The van der Waals surface area contributed by atoms with Gasteiger partial charge in [-0.15, -0.1) is 0 Å². The lowest BCUT2D eigenvalue weighted by Gasteiger charge is -2.08. The lowest BCUT2D eigenvalue weighted by molar-refractivity contribution is 0.0173. The van der Waals surface area contributed by atoms with Gasteiger partial charge in [-0.2, -0.15) is 5.10 Å². The number of nitrogens with zero attached hydrogens (tertiary/aromatic N) is 2. The van der Waals surface area contributed by atoms with Gasteiger partial charge in [0.1, 0.15) is 6.61 Å². The molecule has 7 heteroatoms. The second-order valence-electron chi connectivity index (χ2n) is 4.11. The second-order valence-corrected chi connectivity index (χ2v) is 4.11. The Morgan fingerprint density at radius 2 is 1.70 bits per heavy atom. The minimum Gasteiger partial charge on any atom is -0.475 e. The van der Waals surface area contributed by atoms with Gasteiger partial charge in [0.25, 0.3) is 0 Å². The summed E-state index contributed by atoms with van der Waals surface area (Å²) in [6.07, 6.45) is 0.752. The summed E-state index contributed by atoms with van der Waals surface area (Å²) in [6.45, 7) is 4.72. The molecule has 0 radical (unpaired) electrons. The van der Waals surface area contributed by atoms with Crippen molar-refractivity contribution in [1.82, 2.24) is 9.78 Å². The monoisotopic (exact) mass is 286 g/mol. The Morgan fingerprint density at radius 1 is 1.10 bits per heavy atom. The number of hydrogen-bond acceptors (Lipinski definition) is 6. The topological polar surface area (TPSA) is 71.8 Å². The summed E-state index contributed by atoms with van der Waals surface area (Å²) in [7, 11) is 3.37. The number of carbonyl (C=O) groups is 1. The van der Waals surface area contributed by atoms with E-state index in [2.05, 4.69) is 5.10 Å². The Balaban J connectivity index is 2.14. The molecule has 1 heterocycles. The van der Waals surface area contributed by atoms with Gasteiger partial charge < -0.3 is 18.9 Å². The standard InChI is InChI=1S/C13H22N2O5/c1-11-12(10-16)13(15(2)14-11)20-9-8-19-7-6-18-5-4-17-3/h10H,4-9H2,1-3H3. The molecular weight excluding hydrogens is 264 g/mol. The third kappa shape index (κ3) is 5.28. The van der Waals surface area contributed by atoms with Gasteiger partial charge in [-0.25, -0.2) is 4.68 Å². The summed E-state index contributed by atoms with van der Waals surface area (Å²) in [5, 5.41) is 4.13. The summed E-state index contributed by atoms with van der Waals surface area (Å²) < 4.78 is 22.5. The first-order chi connectivity index (χ1) is 9.70. The van der Waals surface area contributed by atoms with E-state index in [4.69, 9.17) is 18.9 Å². The van der Waals surface area contributed by atoms with Gasteiger partial charge in [0, 0.05) is 14.2 Å². The molecule has 114 valence electrons. The average Bonchev–Trinajstić information content (AvgIpc) is 2.70. The highest BCUT2D eigenvalue weighted by Crippen LogP contribution is 2.18. The summed E-state index contributed by atoms with van der Waals surface area (Å²) in [6, 6.07) is 0. The van der Waals surface area contributed by atoms with Crippen LogP contribution in [0.5, 0.6) is 5.88 Å². The van der Waals surface area contributed by atoms with Crippen LogP contribution in [0.1, 0.15) is 16.1 Å². The number of methoxy groups -OCH3 is 1. The van der Waals surface area contributed by atoms with E-state index in [1.54, 1.807) is 25.8 Å². The predicted octanol–water partition coefficient (Wildman–Crippen LogP) is 0.599. The summed E-state index contributed by atoms with van der Waals surface area (Å²) >= 11 is 0. The first kappa shape index (κ1) is 16.6. The Kier molecular flexibility index (Phi) is 7.86. The molecule has 0 aromatic carbocycles. The number of ether oxygens (including phenoxy) is 4. The van der Waals surface area contributed by atoms with Crippen molar-refractivity contribution in [2.75, 3.05) is 46.8 Å². The van der Waals surface area contributed by atoms with Gasteiger partial charge in [0.05, 0.1) is 44.3 Å². The van der Waals surface area contributed by atoms with Crippen molar-refractivity contribution in [3.05, 3.63) is 11.3 Å². The van der Waals surface area contributed by atoms with E-state index in [1.807, 2.05) is 0 Å². The molecule has 0 aliphatic heterocycles. The molecule has 0 fully saturated rings. The average molecular weight is 286 g/mol. The molecule has 0 N–H and O–H groups in total. The molecule has 0 aliphatic carbocycles. The second kappa shape index (κ2) is 9.46. The van der Waals surface area contributed by atoms with E-state index in [9.17, 15) is 4.79 Å². The zero-order chi connectivity index (χ0) is 14.8. The van der Waals surface area contributed by atoms with Crippen LogP contribution in [0, 0.1) is 6.92 Å². The highest BCUT2D eigenvalue weighted by atomic mass is 16.6. The number of rotatable bonds is 11. The van der Waals surface area contributed by atoms with Crippen molar-refractivity contribution in [3.8, 4) is 5.88 Å². The van der Waals surface area contributed by atoms with E-state index in [-0.39, 0.29) is 0 Å². The van der Waals surface area contributed by atoms with Gasteiger partial charge >= 0.3 is 0 Å². The van der Waals surface area contributed by atoms with Crippen molar-refractivity contribution in [2.24, 2.45) is 7.05 Å². The number of hydrogen-bond donors (Lipinski definition) is 0. The van der Waals surface area contributed by atoms with Crippen LogP contribution in [0.15, 0.2) is 0 Å². The number of aldehydes is 1. The maximum Gasteiger partial charge on any atom is 0.222 e. The first-order valence-electron chi connectivity index (χ1n) is 6.46. The summed E-state index contributed by atoms with van der Waals surface area (Å²) in [4.78, 5) is 10.9. The molecule has 0 amide bonds. The van der Waals surface area contributed by atoms with E-state index in [0.717, 1.165) is 6.29 Å². The number of carbonyl (C=O) groups excluding carboxylic acids is 1. The van der Waals surface area contributed by atoms with Crippen LogP contribution in [0.2, 0.25) is 0 Å². The zero-order valence-corrected chi connectivity index (χ0v) is 12.3. The largest absolute Gasteiger partial charge is 0.475 e. The number of aryl methyl sites for hydroxylation is 2. The fourth-order valence-electron chi connectivity index (χ4n) is 1.62. The van der Waals surface area contributed by atoms with Gasteiger partial charge in [0.2, 0.25) is 5.88 Å². The molecule has 0 bridgehead atoms. The summed E-state index contributed by atoms with van der Waals surface area (Å²) in [5.41, 5.74) is 1.14. The Labute approximate surface area is 118 Å². The third-order valence-electron chi connectivity index (χ3n) is 2.60. The van der Waals surface area contributed by atoms with Crippen LogP contribution >= 0.6 is 0 Å².